The Bertz CT molecular complexity index is 321. The Morgan fingerprint density at radius 2 is 1.76 bits per heavy atom. The molecule has 0 saturated carbocycles. The van der Waals surface area contributed by atoms with Gasteiger partial charge >= 0.3 is 0 Å². The van der Waals surface area contributed by atoms with Gasteiger partial charge in [0.2, 0.25) is 0 Å². The second-order valence-corrected chi connectivity index (χ2v) is 4.75. The summed E-state index contributed by atoms with van der Waals surface area (Å²) in [6, 6.07) is 8.43. The highest BCUT2D eigenvalue weighted by atomic mass is 16.5. The van der Waals surface area contributed by atoms with E-state index in [0.29, 0.717) is 5.92 Å². The second-order valence-electron chi connectivity index (χ2n) is 4.75. The summed E-state index contributed by atoms with van der Waals surface area (Å²) < 4.78 is 5.15. The van der Waals surface area contributed by atoms with Crippen molar-refractivity contribution in [1.29, 1.82) is 0 Å². The lowest BCUT2D eigenvalue weighted by molar-refractivity contribution is 0.229. The zero-order valence-electron chi connectivity index (χ0n) is 11.1. The van der Waals surface area contributed by atoms with E-state index in [4.69, 9.17) is 9.84 Å². The molecule has 0 heterocycles. The molecule has 0 fully saturated rings. The highest BCUT2D eigenvalue weighted by molar-refractivity contribution is 5.29. The van der Waals surface area contributed by atoms with Crippen LogP contribution in [0.4, 0.5) is 0 Å². The summed E-state index contributed by atoms with van der Waals surface area (Å²) in [5.41, 5.74) is 1.22. The smallest absolute Gasteiger partial charge is 0.118 e. The van der Waals surface area contributed by atoms with Crippen LogP contribution in [0.3, 0.4) is 0 Å². The maximum absolute atomic E-state index is 9.11. The molecule has 3 heteroatoms. The van der Waals surface area contributed by atoms with E-state index < -0.39 is 0 Å². The fourth-order valence-electron chi connectivity index (χ4n) is 1.84. The van der Waals surface area contributed by atoms with Gasteiger partial charge in [-0.3, -0.25) is 0 Å². The average molecular weight is 237 g/mol. The Balaban J connectivity index is 2.81. The van der Waals surface area contributed by atoms with Crippen LogP contribution in [0, 0.1) is 5.92 Å². The molecule has 17 heavy (non-hydrogen) atoms. The first-order chi connectivity index (χ1) is 8.08. The Labute approximate surface area is 104 Å². The number of hydrogen-bond acceptors (Lipinski definition) is 3. The van der Waals surface area contributed by atoms with Gasteiger partial charge in [-0.05, 0) is 30.5 Å². The highest BCUT2D eigenvalue weighted by Crippen LogP contribution is 2.24. The van der Waals surface area contributed by atoms with Gasteiger partial charge in [-0.15, -0.1) is 0 Å². The molecule has 0 spiro atoms. The third-order valence-corrected chi connectivity index (χ3v) is 2.88. The van der Waals surface area contributed by atoms with Gasteiger partial charge in [-0.2, -0.15) is 0 Å². The first kappa shape index (κ1) is 14.0. The summed E-state index contributed by atoms with van der Waals surface area (Å²) in [5.74, 6) is 1.34. The molecule has 2 N–H and O–H groups in total. The monoisotopic (exact) mass is 237 g/mol. The van der Waals surface area contributed by atoms with Crippen molar-refractivity contribution in [3.63, 3.8) is 0 Å². The zero-order valence-corrected chi connectivity index (χ0v) is 11.1. The molecule has 0 aliphatic carbocycles. The van der Waals surface area contributed by atoms with E-state index in [1.807, 2.05) is 19.1 Å². The third-order valence-electron chi connectivity index (χ3n) is 2.88. The summed E-state index contributed by atoms with van der Waals surface area (Å²) >= 11 is 0. The van der Waals surface area contributed by atoms with Crippen LogP contribution in [0.2, 0.25) is 0 Å². The number of aliphatic hydroxyl groups is 1. The standard InChI is InChI=1S/C14H23NO2/c1-10(2)14(15-11(3)9-16)12-5-7-13(17-4)8-6-12/h5-8,10-11,14-16H,9H2,1-4H3/t11-,14-/m0/s1. The predicted molar refractivity (Wildman–Crippen MR) is 70.3 cm³/mol. The van der Waals surface area contributed by atoms with Crippen LogP contribution in [0.25, 0.3) is 0 Å². The van der Waals surface area contributed by atoms with E-state index >= 15 is 0 Å². The molecule has 0 unspecified atom stereocenters. The molecule has 0 aromatic heterocycles. The number of rotatable bonds is 6. The van der Waals surface area contributed by atoms with Gasteiger partial charge < -0.3 is 15.2 Å². The van der Waals surface area contributed by atoms with Crippen molar-refractivity contribution in [2.24, 2.45) is 5.92 Å². The van der Waals surface area contributed by atoms with Gasteiger partial charge in [0, 0.05) is 12.1 Å². The summed E-state index contributed by atoms with van der Waals surface area (Å²) in [7, 11) is 1.67. The fraction of sp³-hybridized carbons (Fsp3) is 0.571. The maximum Gasteiger partial charge on any atom is 0.118 e. The molecule has 0 aliphatic heterocycles. The summed E-state index contributed by atoms with van der Waals surface area (Å²) in [4.78, 5) is 0. The number of methoxy groups -OCH3 is 1. The van der Waals surface area contributed by atoms with Gasteiger partial charge in [0.15, 0.2) is 0 Å². The molecule has 0 radical (unpaired) electrons. The minimum atomic E-state index is 0.101. The van der Waals surface area contributed by atoms with E-state index in [9.17, 15) is 0 Å². The molecular formula is C14H23NO2. The van der Waals surface area contributed by atoms with Crippen molar-refractivity contribution in [1.82, 2.24) is 5.32 Å². The summed E-state index contributed by atoms with van der Waals surface area (Å²) in [6.45, 7) is 6.48. The summed E-state index contributed by atoms with van der Waals surface area (Å²) in [5, 5.41) is 12.5. The molecule has 0 saturated heterocycles. The van der Waals surface area contributed by atoms with Gasteiger partial charge in [0.05, 0.1) is 13.7 Å². The first-order valence-corrected chi connectivity index (χ1v) is 6.09. The Morgan fingerprint density at radius 3 is 2.18 bits per heavy atom. The van der Waals surface area contributed by atoms with Gasteiger partial charge in [0.25, 0.3) is 0 Å². The zero-order chi connectivity index (χ0) is 12.8. The van der Waals surface area contributed by atoms with Crippen LogP contribution in [0.15, 0.2) is 24.3 Å². The van der Waals surface area contributed by atoms with Gasteiger partial charge in [-0.1, -0.05) is 26.0 Å². The SMILES string of the molecule is COc1ccc([C@@H](N[C@@H](C)CO)C(C)C)cc1. The number of nitrogens with one attached hydrogen (secondary N) is 1. The fourth-order valence-corrected chi connectivity index (χ4v) is 1.84. The van der Waals surface area contributed by atoms with E-state index in [-0.39, 0.29) is 18.7 Å². The van der Waals surface area contributed by atoms with Crippen molar-refractivity contribution in [3.8, 4) is 5.75 Å². The lowest BCUT2D eigenvalue weighted by Gasteiger charge is -2.26. The molecule has 96 valence electrons. The minimum Gasteiger partial charge on any atom is -0.497 e. The largest absolute Gasteiger partial charge is 0.497 e. The average Bonchev–Trinajstić information content (AvgIpc) is 2.35. The highest BCUT2D eigenvalue weighted by Gasteiger charge is 2.17. The van der Waals surface area contributed by atoms with E-state index in [1.54, 1.807) is 7.11 Å². The van der Waals surface area contributed by atoms with Gasteiger partial charge in [-0.25, -0.2) is 0 Å². The molecule has 3 nitrogen and oxygen atoms in total. The Hall–Kier alpha value is -1.06. The topological polar surface area (TPSA) is 41.5 Å². The lowest BCUT2D eigenvalue weighted by Crippen LogP contribution is -2.35. The number of ether oxygens (including phenoxy) is 1. The van der Waals surface area contributed by atoms with E-state index in [2.05, 4.69) is 31.3 Å². The van der Waals surface area contributed by atoms with Crippen molar-refractivity contribution < 1.29 is 9.84 Å². The minimum absolute atomic E-state index is 0.101. The molecule has 1 aromatic carbocycles. The van der Waals surface area contributed by atoms with E-state index in [1.165, 1.54) is 5.56 Å². The predicted octanol–water partition coefficient (Wildman–Crippen LogP) is 2.36. The van der Waals surface area contributed by atoms with Crippen molar-refractivity contribution in [2.45, 2.75) is 32.9 Å². The first-order valence-electron chi connectivity index (χ1n) is 6.09. The van der Waals surface area contributed by atoms with Crippen molar-refractivity contribution in [3.05, 3.63) is 29.8 Å². The van der Waals surface area contributed by atoms with Crippen LogP contribution < -0.4 is 10.1 Å². The lowest BCUT2D eigenvalue weighted by atomic mass is 9.95. The molecule has 0 aliphatic rings. The molecule has 1 aromatic rings. The second kappa shape index (κ2) is 6.62. The molecule has 2 atom stereocenters. The summed E-state index contributed by atoms with van der Waals surface area (Å²) in [6.07, 6.45) is 0. The number of hydrogen-bond donors (Lipinski definition) is 2. The van der Waals surface area contributed by atoms with Crippen LogP contribution in [0.1, 0.15) is 32.4 Å². The molecule has 0 amide bonds. The van der Waals surface area contributed by atoms with Crippen LogP contribution in [-0.2, 0) is 0 Å². The molecule has 0 bridgehead atoms. The van der Waals surface area contributed by atoms with Crippen LogP contribution in [0.5, 0.6) is 5.75 Å². The maximum atomic E-state index is 9.11. The third kappa shape index (κ3) is 4.02. The van der Waals surface area contributed by atoms with Crippen molar-refractivity contribution in [2.75, 3.05) is 13.7 Å². The van der Waals surface area contributed by atoms with E-state index in [0.717, 1.165) is 5.75 Å². The van der Waals surface area contributed by atoms with Crippen LogP contribution >= 0.6 is 0 Å². The van der Waals surface area contributed by atoms with Crippen molar-refractivity contribution >= 4 is 0 Å². The Morgan fingerprint density at radius 1 is 1.18 bits per heavy atom. The quantitative estimate of drug-likeness (QED) is 0.798. The molecule has 1 rings (SSSR count). The van der Waals surface area contributed by atoms with Gasteiger partial charge in [0.1, 0.15) is 5.75 Å². The number of benzene rings is 1. The Kier molecular flexibility index (Phi) is 5.45. The normalized spacial score (nSPS) is 14.7. The van der Waals surface area contributed by atoms with Crippen LogP contribution in [-0.4, -0.2) is 24.9 Å². The molecular weight excluding hydrogens is 214 g/mol. The number of aliphatic hydroxyl groups excluding tert-OH is 1.